The highest BCUT2D eigenvalue weighted by molar-refractivity contribution is 5.76. The zero-order chi connectivity index (χ0) is 27.0. The normalized spacial score (nSPS) is 11.9. The quantitative estimate of drug-likeness (QED) is 0.222. The summed E-state index contributed by atoms with van der Waals surface area (Å²) in [6.07, 6.45) is 1.09. The van der Waals surface area contributed by atoms with Crippen LogP contribution in [0.3, 0.4) is 0 Å². The molecule has 0 heterocycles. The predicted octanol–water partition coefficient (Wildman–Crippen LogP) is 2.94. The molecule has 0 aliphatic heterocycles. The Kier molecular flexibility index (Phi) is 11.5. The van der Waals surface area contributed by atoms with Crippen LogP contribution in [0.4, 0.5) is 14.4 Å². The Morgan fingerprint density at radius 3 is 1.39 bits per heavy atom. The number of carbonyl (C=O) groups excluding carboxylic acids is 3. The van der Waals surface area contributed by atoms with Crippen LogP contribution in [0.15, 0.2) is 91.0 Å². The molecule has 0 unspecified atom stereocenters. The van der Waals surface area contributed by atoms with E-state index in [1.54, 1.807) is 0 Å². The van der Waals surface area contributed by atoms with Crippen molar-refractivity contribution in [3.05, 3.63) is 108 Å². The number of nitrogens with one attached hydrogen (secondary N) is 6. The summed E-state index contributed by atoms with van der Waals surface area (Å²) in [7, 11) is 1.54. The first-order valence-corrected chi connectivity index (χ1v) is 12.7. The van der Waals surface area contributed by atoms with Crippen LogP contribution in [-0.4, -0.2) is 50.3 Å². The predicted molar refractivity (Wildman–Crippen MR) is 149 cm³/mol. The monoisotopic (exact) mass is 516 g/mol. The van der Waals surface area contributed by atoms with Gasteiger partial charge >= 0.3 is 18.1 Å². The van der Waals surface area contributed by atoms with Crippen molar-refractivity contribution in [3.8, 4) is 0 Å². The first-order valence-electron chi connectivity index (χ1n) is 12.7. The summed E-state index contributed by atoms with van der Waals surface area (Å²) >= 11 is 0. The molecule has 0 saturated carbocycles. The van der Waals surface area contributed by atoms with Crippen LogP contribution in [0.25, 0.3) is 0 Å². The average molecular weight is 517 g/mol. The smallest absolute Gasteiger partial charge is 0.315 e. The number of carbonyl (C=O) groups is 3. The molecule has 0 aliphatic carbocycles. The Labute approximate surface area is 223 Å². The molecular weight excluding hydrogens is 480 g/mol. The van der Waals surface area contributed by atoms with E-state index in [0.29, 0.717) is 19.4 Å². The van der Waals surface area contributed by atoms with E-state index < -0.39 is 0 Å². The Morgan fingerprint density at radius 1 is 0.553 bits per heavy atom. The van der Waals surface area contributed by atoms with E-state index in [4.69, 9.17) is 0 Å². The third-order valence-electron chi connectivity index (χ3n) is 5.86. The molecular formula is C29H36N6O3. The highest BCUT2D eigenvalue weighted by Gasteiger charge is 2.17. The summed E-state index contributed by atoms with van der Waals surface area (Å²) < 4.78 is 0. The number of urea groups is 3. The first-order chi connectivity index (χ1) is 18.5. The van der Waals surface area contributed by atoms with Crippen molar-refractivity contribution in [2.24, 2.45) is 0 Å². The first kappa shape index (κ1) is 28.0. The van der Waals surface area contributed by atoms with Gasteiger partial charge in [-0.3, -0.25) is 0 Å². The van der Waals surface area contributed by atoms with Gasteiger partial charge in [0.25, 0.3) is 0 Å². The molecule has 0 saturated heterocycles. The van der Waals surface area contributed by atoms with E-state index >= 15 is 0 Å². The van der Waals surface area contributed by atoms with Gasteiger partial charge in [-0.05, 0) is 29.5 Å². The van der Waals surface area contributed by atoms with Gasteiger partial charge in [0, 0.05) is 26.7 Å². The maximum atomic E-state index is 12.8. The largest absolute Gasteiger partial charge is 0.341 e. The number of rotatable bonds is 12. The second-order valence-corrected chi connectivity index (χ2v) is 8.90. The van der Waals surface area contributed by atoms with Crippen LogP contribution in [0.1, 0.15) is 16.7 Å². The second kappa shape index (κ2) is 15.6. The molecule has 3 aromatic carbocycles. The van der Waals surface area contributed by atoms with E-state index in [2.05, 4.69) is 31.9 Å². The molecule has 0 aliphatic rings. The zero-order valence-corrected chi connectivity index (χ0v) is 21.6. The summed E-state index contributed by atoms with van der Waals surface area (Å²) in [5.41, 5.74) is 3.07. The molecule has 9 heteroatoms. The van der Waals surface area contributed by atoms with Crippen molar-refractivity contribution < 1.29 is 14.4 Å². The van der Waals surface area contributed by atoms with E-state index in [0.717, 1.165) is 16.7 Å². The Hall–Kier alpha value is -4.53. The van der Waals surface area contributed by atoms with Crippen LogP contribution in [0.5, 0.6) is 0 Å². The summed E-state index contributed by atoms with van der Waals surface area (Å²) in [6.45, 7) is 0.883. The fourth-order valence-corrected chi connectivity index (χ4v) is 3.92. The lowest BCUT2D eigenvalue weighted by molar-refractivity contribution is 0.228. The molecule has 0 aromatic heterocycles. The molecule has 0 fully saturated rings. The van der Waals surface area contributed by atoms with Gasteiger partial charge in [0.15, 0.2) is 0 Å². The number of hydrogen-bond acceptors (Lipinski definition) is 3. The molecule has 6 N–H and O–H groups in total. The van der Waals surface area contributed by atoms with Gasteiger partial charge in [0.2, 0.25) is 0 Å². The molecule has 0 spiro atoms. The fourth-order valence-electron chi connectivity index (χ4n) is 3.92. The van der Waals surface area contributed by atoms with Crippen molar-refractivity contribution in [1.82, 2.24) is 31.9 Å². The molecule has 6 amide bonds. The molecule has 9 nitrogen and oxygen atoms in total. The van der Waals surface area contributed by atoms with E-state index in [1.807, 2.05) is 91.0 Å². The number of hydrogen-bond donors (Lipinski definition) is 6. The molecule has 3 aromatic rings. The standard InChI is InChI=1S/C29H36N6O3/c1-30-27(36)32-20-25(17-22-11-5-2-6-12-22)35-29(38)33-21-26(18-23-13-7-3-8-14-23)34-28(37)31-19-24-15-9-4-10-16-24/h2-16,25-26H,17-21H2,1H3,(H2,30,32,36)(H2,31,34,37)(H2,33,35,38)/t25-,26-/m0/s1. The van der Waals surface area contributed by atoms with E-state index in [-0.39, 0.29) is 43.3 Å². The highest BCUT2D eigenvalue weighted by atomic mass is 16.2. The van der Waals surface area contributed by atoms with E-state index in [9.17, 15) is 14.4 Å². The average Bonchev–Trinajstić information content (AvgIpc) is 2.95. The third-order valence-corrected chi connectivity index (χ3v) is 5.86. The summed E-state index contributed by atoms with van der Waals surface area (Å²) in [6, 6.07) is 27.5. The Morgan fingerprint density at radius 2 is 0.947 bits per heavy atom. The van der Waals surface area contributed by atoms with Gasteiger partial charge in [-0.25, -0.2) is 14.4 Å². The molecule has 0 radical (unpaired) electrons. The SMILES string of the molecule is CNC(=O)NC[C@H](Cc1ccccc1)NC(=O)NC[C@H](Cc1ccccc1)NC(=O)NCc1ccccc1. The molecule has 3 rings (SSSR count). The van der Waals surface area contributed by atoms with Crippen molar-refractivity contribution in [1.29, 1.82) is 0 Å². The maximum Gasteiger partial charge on any atom is 0.315 e. The summed E-state index contributed by atoms with van der Waals surface area (Å²) in [5.74, 6) is 0. The third kappa shape index (κ3) is 10.6. The van der Waals surface area contributed by atoms with Crippen LogP contribution in [0.2, 0.25) is 0 Å². The summed E-state index contributed by atoms with van der Waals surface area (Å²) in [4.78, 5) is 37.1. The molecule has 2 atom stereocenters. The van der Waals surface area contributed by atoms with Gasteiger partial charge in [0.05, 0.1) is 12.1 Å². The van der Waals surface area contributed by atoms with Crippen LogP contribution < -0.4 is 31.9 Å². The minimum Gasteiger partial charge on any atom is -0.341 e. The lowest BCUT2D eigenvalue weighted by Crippen LogP contribution is -2.53. The molecule has 38 heavy (non-hydrogen) atoms. The van der Waals surface area contributed by atoms with Crippen molar-refractivity contribution in [3.63, 3.8) is 0 Å². The highest BCUT2D eigenvalue weighted by Crippen LogP contribution is 2.05. The second-order valence-electron chi connectivity index (χ2n) is 8.90. The number of amides is 6. The fraction of sp³-hybridized carbons (Fsp3) is 0.276. The summed E-state index contributed by atoms with van der Waals surface area (Å²) in [5, 5.41) is 16.9. The number of benzene rings is 3. The van der Waals surface area contributed by atoms with Gasteiger partial charge in [-0.15, -0.1) is 0 Å². The van der Waals surface area contributed by atoms with E-state index in [1.165, 1.54) is 7.05 Å². The van der Waals surface area contributed by atoms with Gasteiger partial charge in [-0.2, -0.15) is 0 Å². The Balaban J connectivity index is 1.57. The van der Waals surface area contributed by atoms with Crippen molar-refractivity contribution in [2.45, 2.75) is 31.5 Å². The molecule has 200 valence electrons. The van der Waals surface area contributed by atoms with Gasteiger partial charge in [0.1, 0.15) is 0 Å². The van der Waals surface area contributed by atoms with Crippen molar-refractivity contribution in [2.75, 3.05) is 20.1 Å². The lowest BCUT2D eigenvalue weighted by Gasteiger charge is -2.23. The minimum absolute atomic E-state index is 0.223. The van der Waals surface area contributed by atoms with Crippen LogP contribution in [-0.2, 0) is 19.4 Å². The minimum atomic E-state index is -0.380. The van der Waals surface area contributed by atoms with Crippen LogP contribution in [0, 0.1) is 0 Å². The van der Waals surface area contributed by atoms with Gasteiger partial charge < -0.3 is 31.9 Å². The van der Waals surface area contributed by atoms with Crippen molar-refractivity contribution >= 4 is 18.1 Å². The molecule has 0 bridgehead atoms. The van der Waals surface area contributed by atoms with Crippen LogP contribution >= 0.6 is 0 Å². The maximum absolute atomic E-state index is 12.8. The topological polar surface area (TPSA) is 123 Å². The zero-order valence-electron chi connectivity index (χ0n) is 21.6. The van der Waals surface area contributed by atoms with Gasteiger partial charge in [-0.1, -0.05) is 91.0 Å². The lowest BCUT2D eigenvalue weighted by atomic mass is 10.1. The Bertz CT molecular complexity index is 1130.